The summed E-state index contributed by atoms with van der Waals surface area (Å²) in [5.41, 5.74) is -0.0333. The van der Waals surface area contributed by atoms with Crippen LogP contribution in [0.1, 0.15) is 64.7 Å². The number of aliphatic hydroxyl groups excluding tert-OH is 1. The van der Waals surface area contributed by atoms with Gasteiger partial charge in [-0.3, -0.25) is 19.2 Å². The van der Waals surface area contributed by atoms with E-state index in [4.69, 9.17) is 0 Å². The third-order valence-corrected chi connectivity index (χ3v) is 6.62. The molecule has 1 amide bonds. The van der Waals surface area contributed by atoms with Gasteiger partial charge in [0.1, 0.15) is 11.8 Å². The molecule has 0 bridgehead atoms. The predicted molar refractivity (Wildman–Crippen MR) is 108 cm³/mol. The van der Waals surface area contributed by atoms with E-state index in [1.165, 1.54) is 31.1 Å². The summed E-state index contributed by atoms with van der Waals surface area (Å²) >= 11 is 0. The van der Waals surface area contributed by atoms with Crippen molar-refractivity contribution in [1.29, 1.82) is 0 Å². The number of amides is 1. The first-order valence-electron chi connectivity index (χ1n) is 10.7. The van der Waals surface area contributed by atoms with Crippen LogP contribution >= 0.6 is 0 Å². The van der Waals surface area contributed by atoms with E-state index in [9.17, 15) is 24.3 Å². The number of Topliss-reactive ketones (excluding diaryl/α,β-unsaturated/α-hetero) is 2. The normalized spacial score (nSPS) is 22.7. The predicted octanol–water partition coefficient (Wildman–Crippen LogP) is 2.44. The van der Waals surface area contributed by atoms with Crippen LogP contribution in [0.3, 0.4) is 0 Å². The number of carbonyl (C=O) groups excluding carboxylic acids is 4. The molecule has 0 aromatic heterocycles. The lowest BCUT2D eigenvalue weighted by Crippen LogP contribution is -2.45. The molecule has 0 radical (unpaired) electrons. The van der Waals surface area contributed by atoms with Crippen molar-refractivity contribution in [1.82, 2.24) is 5.32 Å². The van der Waals surface area contributed by atoms with Crippen LogP contribution in [0, 0.1) is 17.3 Å². The second-order valence-corrected chi connectivity index (χ2v) is 9.08. The molecule has 0 unspecified atom stereocenters. The van der Waals surface area contributed by atoms with Crippen molar-refractivity contribution in [3.8, 4) is 0 Å². The molecule has 3 rings (SSSR count). The molecule has 29 heavy (non-hydrogen) atoms. The number of rotatable bonds is 10. The molecular formula is C23H31NO5. The van der Waals surface area contributed by atoms with E-state index >= 15 is 0 Å². The van der Waals surface area contributed by atoms with Crippen LogP contribution in [-0.4, -0.2) is 41.0 Å². The van der Waals surface area contributed by atoms with Crippen molar-refractivity contribution < 1.29 is 24.3 Å². The highest BCUT2D eigenvalue weighted by Gasteiger charge is 2.48. The van der Waals surface area contributed by atoms with E-state index in [2.05, 4.69) is 5.32 Å². The molecule has 0 aromatic rings. The summed E-state index contributed by atoms with van der Waals surface area (Å²) < 4.78 is 0. The highest BCUT2D eigenvalue weighted by Crippen LogP contribution is 2.49. The first-order valence-corrected chi connectivity index (χ1v) is 10.7. The maximum absolute atomic E-state index is 13.0. The Kier molecular flexibility index (Phi) is 6.83. The van der Waals surface area contributed by atoms with Crippen LogP contribution in [0.25, 0.3) is 0 Å². The lowest BCUT2D eigenvalue weighted by molar-refractivity contribution is -0.133. The van der Waals surface area contributed by atoms with E-state index in [1.54, 1.807) is 0 Å². The summed E-state index contributed by atoms with van der Waals surface area (Å²) in [4.78, 5) is 49.8. The van der Waals surface area contributed by atoms with E-state index < -0.39 is 18.6 Å². The molecule has 2 saturated carbocycles. The van der Waals surface area contributed by atoms with Crippen molar-refractivity contribution in [2.24, 2.45) is 17.3 Å². The van der Waals surface area contributed by atoms with E-state index in [-0.39, 0.29) is 47.1 Å². The van der Waals surface area contributed by atoms with E-state index in [0.29, 0.717) is 5.92 Å². The number of nitrogens with one attached hydrogen (secondary N) is 1. The smallest absolute Gasteiger partial charge is 0.248 e. The third-order valence-electron chi connectivity index (χ3n) is 6.62. The van der Waals surface area contributed by atoms with Gasteiger partial charge in [0.05, 0.1) is 6.61 Å². The van der Waals surface area contributed by atoms with Gasteiger partial charge in [-0.15, -0.1) is 0 Å². The topological polar surface area (TPSA) is 101 Å². The van der Waals surface area contributed by atoms with Gasteiger partial charge in [-0.25, -0.2) is 0 Å². The van der Waals surface area contributed by atoms with Gasteiger partial charge >= 0.3 is 0 Å². The summed E-state index contributed by atoms with van der Waals surface area (Å²) in [6.45, 7) is 1.44. The lowest BCUT2D eigenvalue weighted by atomic mass is 9.80. The van der Waals surface area contributed by atoms with Gasteiger partial charge in [0.25, 0.3) is 0 Å². The molecule has 0 aliphatic heterocycles. The van der Waals surface area contributed by atoms with Gasteiger partial charge in [0, 0.05) is 29.7 Å². The minimum Gasteiger partial charge on any atom is -0.394 e. The van der Waals surface area contributed by atoms with Gasteiger partial charge < -0.3 is 10.4 Å². The van der Waals surface area contributed by atoms with Gasteiger partial charge in [0.15, 0.2) is 11.6 Å². The lowest BCUT2D eigenvalue weighted by Gasteiger charge is -2.24. The maximum Gasteiger partial charge on any atom is 0.248 e. The van der Waals surface area contributed by atoms with Crippen LogP contribution in [-0.2, 0) is 19.2 Å². The number of hydrogen-bond acceptors (Lipinski definition) is 5. The molecule has 0 spiro atoms. The zero-order valence-electron chi connectivity index (χ0n) is 17.1. The molecular weight excluding hydrogens is 370 g/mol. The molecule has 0 aromatic carbocycles. The molecule has 2 N–H and O–H groups in total. The quantitative estimate of drug-likeness (QED) is 0.586. The van der Waals surface area contributed by atoms with Crippen LogP contribution in [0.2, 0.25) is 0 Å². The highest BCUT2D eigenvalue weighted by molar-refractivity contribution is 6.05. The van der Waals surface area contributed by atoms with Crippen molar-refractivity contribution in [3.05, 3.63) is 23.8 Å². The van der Waals surface area contributed by atoms with Crippen LogP contribution in [0.15, 0.2) is 23.8 Å². The Morgan fingerprint density at radius 1 is 1.24 bits per heavy atom. The maximum atomic E-state index is 13.0. The zero-order valence-corrected chi connectivity index (χ0v) is 17.1. The van der Waals surface area contributed by atoms with Crippen LogP contribution in [0.5, 0.6) is 0 Å². The summed E-state index contributed by atoms with van der Waals surface area (Å²) in [7, 11) is 0. The van der Waals surface area contributed by atoms with Crippen LogP contribution in [0.4, 0.5) is 0 Å². The second kappa shape index (κ2) is 9.16. The molecule has 2 atom stereocenters. The minimum absolute atomic E-state index is 0.0180. The Morgan fingerprint density at radius 2 is 1.93 bits per heavy atom. The number of allylic oxidation sites excluding steroid dienone is 3. The van der Waals surface area contributed by atoms with E-state index in [0.717, 1.165) is 32.1 Å². The summed E-state index contributed by atoms with van der Waals surface area (Å²) in [6.07, 6.45) is 11.5. The van der Waals surface area contributed by atoms with Crippen molar-refractivity contribution in [2.45, 2.75) is 70.8 Å². The number of hydrogen-bond donors (Lipinski definition) is 2. The zero-order chi connectivity index (χ0) is 21.0. The summed E-state index contributed by atoms with van der Waals surface area (Å²) in [6, 6.07) is -1.06. The van der Waals surface area contributed by atoms with Gasteiger partial charge in [-0.1, -0.05) is 44.8 Å². The van der Waals surface area contributed by atoms with Gasteiger partial charge in [0.2, 0.25) is 5.91 Å². The average Bonchev–Trinajstić information content (AvgIpc) is 3.24. The average molecular weight is 402 g/mol. The molecule has 6 heteroatoms. The Balaban J connectivity index is 1.63. The fraction of sp³-hybridized carbons (Fsp3) is 0.652. The second-order valence-electron chi connectivity index (χ2n) is 9.08. The molecule has 0 saturated heterocycles. The first kappa shape index (κ1) is 21.6. The van der Waals surface area contributed by atoms with Crippen molar-refractivity contribution >= 4 is 23.3 Å². The highest BCUT2D eigenvalue weighted by atomic mass is 16.3. The Morgan fingerprint density at radius 3 is 2.52 bits per heavy atom. The molecule has 2 fully saturated rings. The fourth-order valence-corrected chi connectivity index (χ4v) is 4.46. The first-order chi connectivity index (χ1) is 13.8. The van der Waals surface area contributed by atoms with E-state index in [1.807, 2.05) is 6.92 Å². The number of carbonyl (C=O) groups is 4. The fourth-order valence-electron chi connectivity index (χ4n) is 4.46. The number of aliphatic hydroxyl groups is 1. The van der Waals surface area contributed by atoms with Gasteiger partial charge in [-0.2, -0.15) is 0 Å². The Hall–Kier alpha value is -2.08. The Bertz CT molecular complexity index is 740. The molecule has 3 aliphatic carbocycles. The summed E-state index contributed by atoms with van der Waals surface area (Å²) in [5.74, 6) is -0.729. The Labute approximate surface area is 171 Å². The molecule has 158 valence electrons. The largest absolute Gasteiger partial charge is 0.394 e. The van der Waals surface area contributed by atoms with Crippen LogP contribution < -0.4 is 5.32 Å². The number of ketones is 3. The standard InChI is InChI=1S/C23H31NO5/c1-23(9-10-23)21(28)17(11-15-5-2-3-6-15)13-20(27)19(14-25)24-22(29)16-7-4-8-18(26)12-16/h4,7-8,15,17,19,25H,2-3,5-6,9-14H2,1H3,(H,24,29)/t17-,19+/m1/s1. The minimum atomic E-state index is -1.06. The summed E-state index contributed by atoms with van der Waals surface area (Å²) in [5, 5.41) is 12.2. The molecule has 6 nitrogen and oxygen atoms in total. The van der Waals surface area contributed by atoms with Crippen molar-refractivity contribution in [2.75, 3.05) is 6.61 Å². The molecule has 3 aliphatic rings. The SMILES string of the molecule is CC1(C(=O)[C@@H](CC(=O)[C@H](CO)NC(=O)C2=CC=CC(=O)C2)CC2CCCC2)CC1. The van der Waals surface area contributed by atoms with Crippen molar-refractivity contribution in [3.63, 3.8) is 0 Å². The van der Waals surface area contributed by atoms with Gasteiger partial charge in [-0.05, 0) is 31.3 Å². The monoisotopic (exact) mass is 401 g/mol. The third kappa shape index (κ3) is 5.50. The molecule has 0 heterocycles.